The van der Waals surface area contributed by atoms with E-state index in [1.54, 1.807) is 0 Å². The highest BCUT2D eigenvalue weighted by Crippen LogP contribution is 2.42. The fourth-order valence-corrected chi connectivity index (χ4v) is 8.96. The van der Waals surface area contributed by atoms with Crippen LogP contribution in [0.4, 0.5) is 0 Å². The van der Waals surface area contributed by atoms with E-state index in [-0.39, 0.29) is 0 Å². The molecule has 0 N–H and O–H groups in total. The first kappa shape index (κ1) is 28.4. The quantitative estimate of drug-likeness (QED) is 0.187. The predicted octanol–water partition coefficient (Wildman–Crippen LogP) is 13.4. The van der Waals surface area contributed by atoms with Crippen molar-refractivity contribution in [2.24, 2.45) is 0 Å². The maximum atomic E-state index is 6.57. The molecular weight excluding hydrogens is 641 g/mol. The standard InChI is InChI=1S/C47H28N2OS/c1-2-12-29(13-3-1)30-14-10-15-31(24-30)40-25-32(26-41(48-40)37-20-11-19-36-34-17-5-8-22-44(34)50-47(36)37)49-42-21-7-4-16-33(42)38-28-46-39(27-43(38)49)35-18-6-9-23-45(35)51-46/h1-28H. The van der Waals surface area contributed by atoms with Gasteiger partial charge in [-0.2, -0.15) is 0 Å². The van der Waals surface area contributed by atoms with E-state index in [9.17, 15) is 0 Å². The summed E-state index contributed by atoms with van der Waals surface area (Å²) in [4.78, 5) is 5.41. The van der Waals surface area contributed by atoms with Gasteiger partial charge in [-0.1, -0.05) is 115 Å². The van der Waals surface area contributed by atoms with Gasteiger partial charge in [-0.25, -0.2) is 4.98 Å². The fourth-order valence-electron chi connectivity index (χ4n) is 7.83. The van der Waals surface area contributed by atoms with Crippen LogP contribution in [0.1, 0.15) is 0 Å². The molecule has 4 heteroatoms. The van der Waals surface area contributed by atoms with E-state index < -0.39 is 0 Å². The van der Waals surface area contributed by atoms with Crippen LogP contribution < -0.4 is 0 Å². The zero-order valence-corrected chi connectivity index (χ0v) is 28.2. The normalized spacial score (nSPS) is 11.9. The minimum absolute atomic E-state index is 0.848. The molecule has 51 heavy (non-hydrogen) atoms. The summed E-state index contributed by atoms with van der Waals surface area (Å²) in [5, 5.41) is 7.25. The van der Waals surface area contributed by atoms with Gasteiger partial charge in [0.2, 0.25) is 0 Å². The molecule has 0 atom stereocenters. The summed E-state index contributed by atoms with van der Waals surface area (Å²) in [6.07, 6.45) is 0. The second-order valence-electron chi connectivity index (χ2n) is 13.1. The van der Waals surface area contributed by atoms with Gasteiger partial charge in [0.1, 0.15) is 11.2 Å². The molecular formula is C47H28N2OS. The van der Waals surface area contributed by atoms with E-state index in [1.807, 2.05) is 23.5 Å². The van der Waals surface area contributed by atoms with Crippen LogP contribution in [0.3, 0.4) is 0 Å². The Kier molecular flexibility index (Phi) is 6.12. The van der Waals surface area contributed by atoms with Crippen molar-refractivity contribution in [2.45, 2.75) is 0 Å². The lowest BCUT2D eigenvalue weighted by Crippen LogP contribution is -1.98. The first-order valence-electron chi connectivity index (χ1n) is 17.2. The number of thiophene rings is 1. The summed E-state index contributed by atoms with van der Waals surface area (Å²) < 4.78 is 11.6. The second kappa shape index (κ2) is 11.0. The largest absolute Gasteiger partial charge is 0.455 e. The molecule has 0 saturated heterocycles. The Balaban J connectivity index is 1.22. The molecule has 0 radical (unpaired) electrons. The third-order valence-electron chi connectivity index (χ3n) is 10.2. The molecule has 0 amide bonds. The van der Waals surface area contributed by atoms with Crippen LogP contribution in [0.5, 0.6) is 0 Å². The number of aromatic nitrogens is 2. The summed E-state index contributed by atoms with van der Waals surface area (Å²) in [7, 11) is 0. The Hall–Kier alpha value is -6.49. The molecule has 11 aromatic rings. The maximum absolute atomic E-state index is 6.57. The van der Waals surface area contributed by atoms with Gasteiger partial charge >= 0.3 is 0 Å². The van der Waals surface area contributed by atoms with Crippen molar-refractivity contribution in [3.63, 3.8) is 0 Å². The fraction of sp³-hybridized carbons (Fsp3) is 0. The Morgan fingerprint density at radius 2 is 1.14 bits per heavy atom. The SMILES string of the molecule is c1ccc(-c2cccc(-c3cc(-n4c5ccccc5c5cc6sc7ccccc7c6cc54)cc(-c4cccc5c4oc4ccccc45)n3)c2)cc1. The summed E-state index contributed by atoms with van der Waals surface area (Å²) in [5.41, 5.74) is 11.3. The Labute approximate surface area is 297 Å². The number of hydrogen-bond acceptors (Lipinski definition) is 3. The van der Waals surface area contributed by atoms with Crippen LogP contribution in [-0.2, 0) is 0 Å². The minimum Gasteiger partial charge on any atom is -0.455 e. The van der Waals surface area contributed by atoms with Crippen LogP contribution in [-0.4, -0.2) is 9.55 Å². The van der Waals surface area contributed by atoms with Crippen LogP contribution in [0.2, 0.25) is 0 Å². The van der Waals surface area contributed by atoms with Gasteiger partial charge in [0.25, 0.3) is 0 Å². The summed E-state index contributed by atoms with van der Waals surface area (Å²) in [6, 6.07) is 60.6. The second-order valence-corrected chi connectivity index (χ2v) is 14.2. The summed E-state index contributed by atoms with van der Waals surface area (Å²) in [6.45, 7) is 0. The smallest absolute Gasteiger partial charge is 0.144 e. The Morgan fingerprint density at radius 3 is 2.06 bits per heavy atom. The molecule has 0 saturated carbocycles. The van der Waals surface area contributed by atoms with Gasteiger partial charge in [-0.3, -0.25) is 0 Å². The van der Waals surface area contributed by atoms with Crippen molar-refractivity contribution in [3.05, 3.63) is 170 Å². The third kappa shape index (κ3) is 4.40. The van der Waals surface area contributed by atoms with Crippen LogP contribution in [0.25, 0.3) is 103 Å². The highest BCUT2D eigenvalue weighted by atomic mass is 32.1. The first-order valence-corrected chi connectivity index (χ1v) is 18.0. The number of hydrogen-bond donors (Lipinski definition) is 0. The molecule has 0 spiro atoms. The van der Waals surface area contributed by atoms with Gasteiger partial charge in [0, 0.05) is 52.8 Å². The number of benzene rings is 7. The molecule has 0 fully saturated rings. The number of furan rings is 1. The maximum Gasteiger partial charge on any atom is 0.144 e. The molecule has 238 valence electrons. The van der Waals surface area contributed by atoms with E-state index in [0.717, 1.165) is 61.2 Å². The van der Waals surface area contributed by atoms with Gasteiger partial charge in [-0.05, 0) is 65.7 Å². The van der Waals surface area contributed by atoms with Gasteiger partial charge in [-0.15, -0.1) is 11.3 Å². The molecule has 4 heterocycles. The van der Waals surface area contributed by atoms with Gasteiger partial charge in [0.15, 0.2) is 0 Å². The highest BCUT2D eigenvalue weighted by molar-refractivity contribution is 7.25. The first-order chi connectivity index (χ1) is 25.3. The Morgan fingerprint density at radius 1 is 0.431 bits per heavy atom. The lowest BCUT2D eigenvalue weighted by Gasteiger charge is -2.14. The highest BCUT2D eigenvalue weighted by Gasteiger charge is 2.19. The molecule has 0 bridgehead atoms. The van der Waals surface area contributed by atoms with Crippen molar-refractivity contribution < 1.29 is 4.42 Å². The number of pyridine rings is 1. The summed E-state index contributed by atoms with van der Waals surface area (Å²) >= 11 is 1.86. The minimum atomic E-state index is 0.848. The monoisotopic (exact) mass is 668 g/mol. The van der Waals surface area contributed by atoms with E-state index in [4.69, 9.17) is 9.40 Å². The molecule has 0 unspecified atom stereocenters. The number of rotatable bonds is 4. The molecule has 3 nitrogen and oxygen atoms in total. The van der Waals surface area contributed by atoms with Gasteiger partial charge in [0.05, 0.1) is 28.1 Å². The topological polar surface area (TPSA) is 31.0 Å². The average molecular weight is 669 g/mol. The zero-order valence-electron chi connectivity index (χ0n) is 27.4. The molecule has 11 rings (SSSR count). The van der Waals surface area contributed by atoms with E-state index in [1.165, 1.54) is 42.0 Å². The van der Waals surface area contributed by atoms with Crippen molar-refractivity contribution >= 4 is 75.3 Å². The van der Waals surface area contributed by atoms with Crippen molar-refractivity contribution in [1.29, 1.82) is 0 Å². The van der Waals surface area contributed by atoms with Crippen molar-refractivity contribution in [1.82, 2.24) is 9.55 Å². The van der Waals surface area contributed by atoms with Crippen molar-refractivity contribution in [2.75, 3.05) is 0 Å². The molecule has 4 aromatic heterocycles. The lowest BCUT2D eigenvalue weighted by atomic mass is 10.0. The molecule has 7 aromatic carbocycles. The van der Waals surface area contributed by atoms with Crippen LogP contribution in [0, 0.1) is 0 Å². The van der Waals surface area contributed by atoms with E-state index in [0.29, 0.717) is 0 Å². The molecule has 0 aliphatic heterocycles. The number of fused-ring (bicyclic) bond motifs is 9. The lowest BCUT2D eigenvalue weighted by molar-refractivity contribution is 0.670. The predicted molar refractivity (Wildman–Crippen MR) is 215 cm³/mol. The molecule has 0 aliphatic rings. The van der Waals surface area contributed by atoms with E-state index in [2.05, 4.69) is 162 Å². The third-order valence-corrected chi connectivity index (χ3v) is 11.3. The number of nitrogens with zero attached hydrogens (tertiary/aromatic N) is 2. The molecule has 0 aliphatic carbocycles. The zero-order chi connectivity index (χ0) is 33.5. The van der Waals surface area contributed by atoms with Crippen LogP contribution in [0.15, 0.2) is 174 Å². The average Bonchev–Trinajstić information content (AvgIpc) is 3.86. The van der Waals surface area contributed by atoms with Crippen molar-refractivity contribution in [3.8, 4) is 39.3 Å². The van der Waals surface area contributed by atoms with Gasteiger partial charge < -0.3 is 8.98 Å². The van der Waals surface area contributed by atoms with E-state index >= 15 is 0 Å². The van der Waals surface area contributed by atoms with Crippen LogP contribution >= 0.6 is 11.3 Å². The Bertz CT molecular complexity index is 3150. The summed E-state index contributed by atoms with van der Waals surface area (Å²) in [5.74, 6) is 0. The number of para-hydroxylation sites is 3.